The largest absolute Gasteiger partial charge is 0.493 e. The average molecular weight is 477 g/mol. The number of hydrazine groups is 1. The van der Waals surface area contributed by atoms with Gasteiger partial charge in [-0.2, -0.15) is 0 Å². The molecular formula is C26H40N2O6. The number of hydrogen-bond donors (Lipinski definition) is 1. The van der Waals surface area contributed by atoms with Crippen LogP contribution in [-0.4, -0.2) is 48.2 Å². The van der Waals surface area contributed by atoms with E-state index < -0.39 is 35.4 Å². The molecule has 0 radical (unpaired) electrons. The van der Waals surface area contributed by atoms with Gasteiger partial charge in [-0.05, 0) is 63.6 Å². The van der Waals surface area contributed by atoms with Gasteiger partial charge in [0, 0.05) is 0 Å². The molecule has 0 heterocycles. The molecule has 2 N–H and O–H groups in total. The fraction of sp³-hybridized carbons (Fsp3) is 0.577. The van der Waals surface area contributed by atoms with Gasteiger partial charge in [-0.15, -0.1) is 6.58 Å². The van der Waals surface area contributed by atoms with Crippen LogP contribution in [0.2, 0.25) is 0 Å². The number of benzene rings is 1. The summed E-state index contributed by atoms with van der Waals surface area (Å²) in [7, 11) is 1.24. The number of nitrogens with zero attached hydrogens (tertiary/aromatic N) is 1. The molecule has 1 aromatic rings. The standard InChI is InChI=1S/C26H40N2O6/c1-8-10-15-33-20-13-11-19(12-14-20)17-21(24(30)34-26(4,5)6)23(29)28(27)22(25(31)32-7)16-18(3)9-2/h8,11-14,18,21-22H,1,9-10,15-17,27H2,2-7H3. The van der Waals surface area contributed by atoms with Crippen molar-refractivity contribution in [2.24, 2.45) is 17.7 Å². The molecule has 1 rings (SSSR count). The first kappa shape index (κ1) is 29.2. The number of carbonyl (C=O) groups is 3. The maximum absolute atomic E-state index is 13.4. The molecule has 0 saturated heterocycles. The number of esters is 2. The summed E-state index contributed by atoms with van der Waals surface area (Å²) in [6, 6.07) is 6.11. The van der Waals surface area contributed by atoms with Crippen molar-refractivity contribution in [2.45, 2.75) is 71.9 Å². The second kappa shape index (κ2) is 13.7. The van der Waals surface area contributed by atoms with Crippen LogP contribution in [0.25, 0.3) is 0 Å². The van der Waals surface area contributed by atoms with Crippen LogP contribution in [-0.2, 0) is 30.3 Å². The summed E-state index contributed by atoms with van der Waals surface area (Å²) in [5.41, 5.74) is -0.0682. The zero-order valence-corrected chi connectivity index (χ0v) is 21.3. The number of nitrogens with two attached hydrogens (primary N) is 1. The highest BCUT2D eigenvalue weighted by Crippen LogP contribution is 2.22. The molecule has 0 fully saturated rings. The highest BCUT2D eigenvalue weighted by molar-refractivity contribution is 5.99. The fourth-order valence-electron chi connectivity index (χ4n) is 3.20. The Morgan fingerprint density at radius 3 is 2.26 bits per heavy atom. The molecule has 0 saturated carbocycles. The highest BCUT2D eigenvalue weighted by atomic mass is 16.6. The number of hydrogen-bond acceptors (Lipinski definition) is 7. The predicted octanol–water partition coefficient (Wildman–Crippen LogP) is 3.82. The van der Waals surface area contributed by atoms with Crippen molar-refractivity contribution >= 4 is 17.8 Å². The van der Waals surface area contributed by atoms with E-state index in [0.717, 1.165) is 23.4 Å². The van der Waals surface area contributed by atoms with Gasteiger partial charge < -0.3 is 14.2 Å². The molecule has 0 spiro atoms. The van der Waals surface area contributed by atoms with Crippen molar-refractivity contribution in [3.63, 3.8) is 0 Å². The third kappa shape index (κ3) is 9.55. The Kier molecular flexibility index (Phi) is 11.8. The molecule has 0 bridgehead atoms. The summed E-state index contributed by atoms with van der Waals surface area (Å²) in [6.07, 6.45) is 3.68. The van der Waals surface area contributed by atoms with E-state index in [1.54, 1.807) is 51.1 Å². The van der Waals surface area contributed by atoms with Gasteiger partial charge in [-0.1, -0.05) is 38.5 Å². The summed E-state index contributed by atoms with van der Waals surface area (Å²) >= 11 is 0. The number of amides is 1. The van der Waals surface area contributed by atoms with E-state index in [1.165, 1.54) is 7.11 Å². The summed E-state index contributed by atoms with van der Waals surface area (Å²) in [6.45, 7) is 13.3. The molecular weight excluding hydrogens is 436 g/mol. The van der Waals surface area contributed by atoms with Crippen LogP contribution < -0.4 is 10.6 Å². The van der Waals surface area contributed by atoms with Crippen molar-refractivity contribution in [1.29, 1.82) is 0 Å². The van der Waals surface area contributed by atoms with E-state index in [0.29, 0.717) is 18.8 Å². The third-order valence-electron chi connectivity index (χ3n) is 5.33. The molecule has 3 atom stereocenters. The maximum Gasteiger partial charge on any atom is 0.330 e. The first-order valence-electron chi connectivity index (χ1n) is 11.6. The molecule has 190 valence electrons. The van der Waals surface area contributed by atoms with E-state index in [1.807, 2.05) is 13.8 Å². The van der Waals surface area contributed by atoms with Crippen LogP contribution in [0.3, 0.4) is 0 Å². The minimum absolute atomic E-state index is 0.0611. The van der Waals surface area contributed by atoms with Gasteiger partial charge in [0.05, 0.1) is 13.7 Å². The van der Waals surface area contributed by atoms with E-state index in [9.17, 15) is 14.4 Å². The second-order valence-corrected chi connectivity index (χ2v) is 9.39. The van der Waals surface area contributed by atoms with Crippen molar-refractivity contribution < 1.29 is 28.6 Å². The summed E-state index contributed by atoms with van der Waals surface area (Å²) in [4.78, 5) is 38.8. The molecule has 8 nitrogen and oxygen atoms in total. The molecule has 8 heteroatoms. The smallest absolute Gasteiger partial charge is 0.330 e. The van der Waals surface area contributed by atoms with Crippen LogP contribution in [0.4, 0.5) is 0 Å². The van der Waals surface area contributed by atoms with Gasteiger partial charge >= 0.3 is 11.9 Å². The molecule has 0 aliphatic carbocycles. The first-order valence-corrected chi connectivity index (χ1v) is 11.6. The van der Waals surface area contributed by atoms with Crippen LogP contribution in [0, 0.1) is 11.8 Å². The number of ether oxygens (including phenoxy) is 3. The zero-order chi connectivity index (χ0) is 25.9. The topological polar surface area (TPSA) is 108 Å². The maximum atomic E-state index is 13.4. The normalized spacial score (nSPS) is 13.9. The third-order valence-corrected chi connectivity index (χ3v) is 5.33. The van der Waals surface area contributed by atoms with Crippen molar-refractivity contribution in [2.75, 3.05) is 13.7 Å². The second-order valence-electron chi connectivity index (χ2n) is 9.39. The Morgan fingerprint density at radius 1 is 1.15 bits per heavy atom. The lowest BCUT2D eigenvalue weighted by atomic mass is 9.95. The minimum atomic E-state index is -1.22. The Bertz CT molecular complexity index is 816. The van der Waals surface area contributed by atoms with Gasteiger partial charge in [-0.25, -0.2) is 10.6 Å². The lowest BCUT2D eigenvalue weighted by molar-refractivity contribution is -0.168. The van der Waals surface area contributed by atoms with E-state index in [4.69, 9.17) is 20.1 Å². The van der Waals surface area contributed by atoms with Crippen LogP contribution in [0.5, 0.6) is 5.75 Å². The average Bonchev–Trinajstić information content (AvgIpc) is 2.79. The van der Waals surface area contributed by atoms with Crippen LogP contribution in [0.15, 0.2) is 36.9 Å². The molecule has 0 aliphatic heterocycles. The monoisotopic (exact) mass is 476 g/mol. The molecule has 0 aliphatic rings. The number of carbonyl (C=O) groups excluding carboxylic acids is 3. The Labute approximate surface area is 203 Å². The first-order chi connectivity index (χ1) is 15.9. The predicted molar refractivity (Wildman–Crippen MR) is 131 cm³/mol. The van der Waals surface area contributed by atoms with Crippen LogP contribution in [0.1, 0.15) is 59.4 Å². The minimum Gasteiger partial charge on any atom is -0.493 e. The number of rotatable bonds is 13. The molecule has 1 amide bonds. The lowest BCUT2D eigenvalue weighted by Crippen LogP contribution is -2.54. The van der Waals surface area contributed by atoms with E-state index in [2.05, 4.69) is 6.58 Å². The molecule has 1 aromatic carbocycles. The SMILES string of the molecule is C=CCCOc1ccc(CC(C(=O)OC(C)(C)C)C(=O)N(N)C(CC(C)CC)C(=O)OC)cc1. The molecule has 0 aromatic heterocycles. The van der Waals surface area contributed by atoms with Gasteiger partial charge in [0.2, 0.25) is 0 Å². The Balaban J connectivity index is 3.17. The van der Waals surface area contributed by atoms with Crippen molar-refractivity contribution in [3.8, 4) is 5.75 Å². The Hall–Kier alpha value is -2.87. The summed E-state index contributed by atoms with van der Waals surface area (Å²) in [5, 5.41) is 0.833. The van der Waals surface area contributed by atoms with Gasteiger partial charge in [-0.3, -0.25) is 14.6 Å². The highest BCUT2D eigenvalue weighted by Gasteiger charge is 2.38. The van der Waals surface area contributed by atoms with Crippen LogP contribution >= 0.6 is 0 Å². The molecule has 3 unspecified atom stereocenters. The quantitative estimate of drug-likeness (QED) is 0.0877. The number of methoxy groups -OCH3 is 1. The van der Waals surface area contributed by atoms with Gasteiger partial charge in [0.25, 0.3) is 5.91 Å². The van der Waals surface area contributed by atoms with E-state index in [-0.39, 0.29) is 12.3 Å². The van der Waals surface area contributed by atoms with Crippen molar-refractivity contribution in [3.05, 3.63) is 42.5 Å². The Morgan fingerprint density at radius 2 is 1.76 bits per heavy atom. The zero-order valence-electron chi connectivity index (χ0n) is 21.3. The summed E-state index contributed by atoms with van der Waals surface area (Å²) in [5.74, 6) is 3.69. The molecule has 34 heavy (non-hydrogen) atoms. The van der Waals surface area contributed by atoms with Gasteiger partial charge in [0.1, 0.15) is 23.3 Å². The fourth-order valence-corrected chi connectivity index (χ4v) is 3.20. The van der Waals surface area contributed by atoms with Crippen molar-refractivity contribution in [1.82, 2.24) is 5.01 Å². The van der Waals surface area contributed by atoms with Gasteiger partial charge in [0.15, 0.2) is 0 Å². The van der Waals surface area contributed by atoms with E-state index >= 15 is 0 Å². The summed E-state index contributed by atoms with van der Waals surface area (Å²) < 4.78 is 16.0. The lowest BCUT2D eigenvalue weighted by Gasteiger charge is -2.31.